The molecule has 2 aromatic carbocycles. The van der Waals surface area contributed by atoms with E-state index in [1.165, 1.54) is 5.56 Å². The summed E-state index contributed by atoms with van der Waals surface area (Å²) < 4.78 is 11.9. The lowest BCUT2D eigenvalue weighted by atomic mass is 9.79. The van der Waals surface area contributed by atoms with Gasteiger partial charge in [-0.1, -0.05) is 47.6 Å². The Kier molecular flexibility index (Phi) is 9.89. The van der Waals surface area contributed by atoms with Crippen molar-refractivity contribution in [3.63, 3.8) is 0 Å². The zero-order valence-corrected chi connectivity index (χ0v) is 25.9. The normalized spacial score (nSPS) is 15.3. The number of methoxy groups -OCH3 is 1. The smallest absolute Gasteiger partial charge is 0.187 e. The predicted molar refractivity (Wildman–Crippen MR) is 164 cm³/mol. The fourth-order valence-electron chi connectivity index (χ4n) is 4.71. The minimum Gasteiger partial charge on any atom is -0.496 e. The molecule has 0 aromatic heterocycles. The van der Waals surface area contributed by atoms with Crippen LogP contribution in [0.5, 0.6) is 11.5 Å². The third kappa shape index (κ3) is 8.09. The standard InChI is InChI=1S/C33H49N3O3/c1-32(2,3)25-21-24(31(38-10)28(22-25)33(4,5)6)11-14-30(37)27-13-12-26(39-20-19-34(7)8)23-29(27)36-17-15-35(9)16-18-36/h11-14,21-23H,15-20H2,1-10H3. The van der Waals surface area contributed by atoms with Crippen molar-refractivity contribution in [2.75, 3.05) is 72.5 Å². The lowest BCUT2D eigenvalue weighted by molar-refractivity contribution is 0.104. The SMILES string of the molecule is COc1c(C=CC(=O)c2ccc(OCCN(C)C)cc2N2CCN(C)CC2)cc(C(C)(C)C)cc1C(C)(C)C. The molecule has 1 aliphatic heterocycles. The van der Waals surface area contributed by atoms with Crippen LogP contribution in [0.4, 0.5) is 5.69 Å². The molecule has 0 N–H and O–H groups in total. The van der Waals surface area contributed by atoms with Gasteiger partial charge in [-0.05, 0) is 67.9 Å². The van der Waals surface area contributed by atoms with E-state index in [1.807, 2.05) is 38.4 Å². The molecular formula is C33H49N3O3. The Morgan fingerprint density at radius 2 is 1.64 bits per heavy atom. The number of benzene rings is 2. The average Bonchev–Trinajstić information content (AvgIpc) is 2.85. The van der Waals surface area contributed by atoms with Gasteiger partial charge in [0, 0.05) is 55.5 Å². The molecule has 1 heterocycles. The van der Waals surface area contributed by atoms with Crippen LogP contribution < -0.4 is 14.4 Å². The first kappa shape index (κ1) is 30.7. The van der Waals surface area contributed by atoms with Crippen molar-refractivity contribution < 1.29 is 14.3 Å². The van der Waals surface area contributed by atoms with Crippen LogP contribution in [0.15, 0.2) is 36.4 Å². The highest BCUT2D eigenvalue weighted by atomic mass is 16.5. The monoisotopic (exact) mass is 535 g/mol. The van der Waals surface area contributed by atoms with Crippen LogP contribution in [0.25, 0.3) is 6.08 Å². The van der Waals surface area contributed by atoms with Gasteiger partial charge in [0.2, 0.25) is 0 Å². The Labute approximate surface area is 236 Å². The number of allylic oxidation sites excluding steroid dienone is 1. The minimum atomic E-state index is -0.101. The van der Waals surface area contributed by atoms with Crippen LogP contribution in [-0.4, -0.2) is 83.2 Å². The highest BCUT2D eigenvalue weighted by Gasteiger charge is 2.26. The maximum absolute atomic E-state index is 13.7. The quantitative estimate of drug-likeness (QED) is 0.295. The van der Waals surface area contributed by atoms with E-state index in [-0.39, 0.29) is 16.6 Å². The fourth-order valence-corrected chi connectivity index (χ4v) is 4.71. The molecule has 0 saturated carbocycles. The molecule has 0 spiro atoms. The van der Waals surface area contributed by atoms with Gasteiger partial charge in [0.25, 0.3) is 0 Å². The third-order valence-corrected chi connectivity index (χ3v) is 7.30. The summed E-state index contributed by atoms with van der Waals surface area (Å²) in [7, 11) is 7.91. The molecule has 1 saturated heterocycles. The summed E-state index contributed by atoms with van der Waals surface area (Å²) in [5, 5.41) is 0. The van der Waals surface area contributed by atoms with Crippen molar-refractivity contribution >= 4 is 17.5 Å². The minimum absolute atomic E-state index is 0.0238. The van der Waals surface area contributed by atoms with Gasteiger partial charge in [-0.15, -0.1) is 0 Å². The Morgan fingerprint density at radius 1 is 0.974 bits per heavy atom. The summed E-state index contributed by atoms with van der Waals surface area (Å²) in [5.74, 6) is 1.59. The maximum atomic E-state index is 13.7. The fraction of sp³-hybridized carbons (Fsp3) is 0.545. The van der Waals surface area contributed by atoms with Crippen molar-refractivity contribution in [3.8, 4) is 11.5 Å². The molecule has 0 aliphatic carbocycles. The van der Waals surface area contributed by atoms with Crippen LogP contribution in [0.3, 0.4) is 0 Å². The van der Waals surface area contributed by atoms with Gasteiger partial charge in [0.15, 0.2) is 5.78 Å². The first-order chi connectivity index (χ1) is 18.2. The van der Waals surface area contributed by atoms with Crippen molar-refractivity contribution in [3.05, 3.63) is 58.7 Å². The molecule has 1 aliphatic rings. The molecule has 39 heavy (non-hydrogen) atoms. The summed E-state index contributed by atoms with van der Waals surface area (Å²) in [6.07, 6.45) is 3.61. The van der Waals surface area contributed by atoms with Crippen molar-refractivity contribution in [2.24, 2.45) is 0 Å². The van der Waals surface area contributed by atoms with Crippen LogP contribution in [0, 0.1) is 0 Å². The van der Waals surface area contributed by atoms with Crippen LogP contribution >= 0.6 is 0 Å². The number of hydrogen-bond donors (Lipinski definition) is 0. The highest BCUT2D eigenvalue weighted by molar-refractivity contribution is 6.10. The lowest BCUT2D eigenvalue weighted by Crippen LogP contribution is -2.45. The second-order valence-corrected chi connectivity index (χ2v) is 13.0. The summed E-state index contributed by atoms with van der Waals surface area (Å²) >= 11 is 0. The topological polar surface area (TPSA) is 45.3 Å². The molecular weight excluding hydrogens is 486 g/mol. The van der Waals surface area contributed by atoms with Gasteiger partial charge >= 0.3 is 0 Å². The number of hydrogen-bond acceptors (Lipinski definition) is 6. The van der Waals surface area contributed by atoms with E-state index in [2.05, 4.69) is 75.4 Å². The molecule has 2 aromatic rings. The average molecular weight is 536 g/mol. The largest absolute Gasteiger partial charge is 0.496 e. The molecule has 6 heteroatoms. The van der Waals surface area contributed by atoms with Crippen molar-refractivity contribution in [1.29, 1.82) is 0 Å². The zero-order valence-electron chi connectivity index (χ0n) is 25.9. The summed E-state index contributed by atoms with van der Waals surface area (Å²) in [5.41, 5.74) is 4.78. The van der Waals surface area contributed by atoms with Gasteiger partial charge in [0.1, 0.15) is 18.1 Å². The van der Waals surface area contributed by atoms with E-state index in [4.69, 9.17) is 9.47 Å². The Hall–Kier alpha value is -2.83. The molecule has 3 rings (SSSR count). The second kappa shape index (κ2) is 12.6. The molecule has 0 bridgehead atoms. The van der Waals surface area contributed by atoms with Crippen LogP contribution in [0.2, 0.25) is 0 Å². The number of ether oxygens (including phenoxy) is 2. The predicted octanol–water partition coefficient (Wildman–Crippen LogP) is 5.88. The molecule has 0 unspecified atom stereocenters. The number of nitrogens with zero attached hydrogens (tertiary/aromatic N) is 3. The first-order valence-electron chi connectivity index (χ1n) is 14.0. The first-order valence-corrected chi connectivity index (χ1v) is 14.0. The summed E-state index contributed by atoms with van der Waals surface area (Å²) in [6.45, 7) is 18.3. The Balaban J connectivity index is 2.00. The van der Waals surface area contributed by atoms with Gasteiger partial charge in [0.05, 0.1) is 12.8 Å². The number of likely N-dealkylation sites (N-methyl/N-ethyl adjacent to an activating group) is 2. The van der Waals surface area contributed by atoms with E-state index in [9.17, 15) is 4.79 Å². The van der Waals surface area contributed by atoms with E-state index < -0.39 is 0 Å². The maximum Gasteiger partial charge on any atom is 0.187 e. The number of carbonyl (C=O) groups excluding carboxylic acids is 1. The highest BCUT2D eigenvalue weighted by Crippen LogP contribution is 2.39. The van der Waals surface area contributed by atoms with Gasteiger partial charge in [-0.2, -0.15) is 0 Å². The Bertz CT molecular complexity index is 1160. The molecule has 0 atom stereocenters. The zero-order chi connectivity index (χ0) is 29.0. The van der Waals surface area contributed by atoms with Crippen LogP contribution in [-0.2, 0) is 10.8 Å². The Morgan fingerprint density at radius 3 is 2.21 bits per heavy atom. The van der Waals surface area contributed by atoms with Crippen LogP contribution in [0.1, 0.15) is 68.6 Å². The summed E-state index contributed by atoms with van der Waals surface area (Å²) in [6, 6.07) is 10.3. The van der Waals surface area contributed by atoms with Gasteiger partial charge < -0.3 is 24.2 Å². The van der Waals surface area contributed by atoms with Gasteiger partial charge in [-0.25, -0.2) is 0 Å². The number of rotatable bonds is 9. The third-order valence-electron chi connectivity index (χ3n) is 7.30. The van der Waals surface area contributed by atoms with E-state index in [1.54, 1.807) is 13.2 Å². The van der Waals surface area contributed by atoms with E-state index in [0.717, 1.165) is 61.0 Å². The lowest BCUT2D eigenvalue weighted by Gasteiger charge is -2.35. The molecule has 6 nitrogen and oxygen atoms in total. The second-order valence-electron chi connectivity index (χ2n) is 13.0. The number of piperazine rings is 1. The number of anilines is 1. The van der Waals surface area contributed by atoms with Crippen molar-refractivity contribution in [2.45, 2.75) is 52.4 Å². The molecule has 0 amide bonds. The molecule has 0 radical (unpaired) electrons. The number of carbonyl (C=O) groups is 1. The van der Waals surface area contributed by atoms with Crippen molar-refractivity contribution in [1.82, 2.24) is 9.80 Å². The molecule has 1 fully saturated rings. The van der Waals surface area contributed by atoms with E-state index >= 15 is 0 Å². The molecule has 214 valence electrons. The van der Waals surface area contributed by atoms with E-state index in [0.29, 0.717) is 12.2 Å². The van der Waals surface area contributed by atoms with Gasteiger partial charge in [-0.3, -0.25) is 4.79 Å². The number of ketones is 1. The summed E-state index contributed by atoms with van der Waals surface area (Å²) in [4.78, 5) is 20.4.